The van der Waals surface area contributed by atoms with Crippen molar-refractivity contribution in [2.45, 2.75) is 12.5 Å². The SMILES string of the molecule is O=C(O)CC(c1ccccc1)N(c1cccc(-c2cccc(NC(=O)Nc3nc4ccccc4[nH]3)c2)c1)S(=O)O. The summed E-state index contributed by atoms with van der Waals surface area (Å²) in [5, 5.41) is 15.0. The fourth-order valence-electron chi connectivity index (χ4n) is 4.44. The summed E-state index contributed by atoms with van der Waals surface area (Å²) in [7, 11) is 0. The molecule has 0 saturated carbocycles. The van der Waals surface area contributed by atoms with Gasteiger partial charge in [-0.15, -0.1) is 0 Å². The van der Waals surface area contributed by atoms with Gasteiger partial charge in [-0.1, -0.05) is 66.7 Å². The summed E-state index contributed by atoms with van der Waals surface area (Å²) >= 11 is -2.51. The van der Waals surface area contributed by atoms with Crippen LogP contribution in [-0.2, 0) is 16.1 Å². The van der Waals surface area contributed by atoms with Gasteiger partial charge in [-0.05, 0) is 53.1 Å². The number of fused-ring (bicyclic) bond motifs is 1. The zero-order valence-electron chi connectivity index (χ0n) is 21.0. The number of carbonyl (C=O) groups excluding carboxylic acids is 1. The van der Waals surface area contributed by atoms with Gasteiger partial charge < -0.3 is 15.4 Å². The highest BCUT2D eigenvalue weighted by Crippen LogP contribution is 2.34. The number of benzene rings is 4. The second-order valence-corrected chi connectivity index (χ2v) is 9.75. The van der Waals surface area contributed by atoms with Gasteiger partial charge >= 0.3 is 12.0 Å². The Morgan fingerprint density at radius 2 is 1.57 bits per heavy atom. The first-order valence-electron chi connectivity index (χ1n) is 12.3. The molecule has 1 heterocycles. The van der Waals surface area contributed by atoms with E-state index in [0.717, 1.165) is 16.6 Å². The number of carboxylic acids is 1. The molecule has 0 spiro atoms. The van der Waals surface area contributed by atoms with Crippen LogP contribution in [0.25, 0.3) is 22.2 Å². The lowest BCUT2D eigenvalue weighted by molar-refractivity contribution is -0.137. The van der Waals surface area contributed by atoms with Gasteiger partial charge in [0.05, 0.1) is 29.2 Å². The van der Waals surface area contributed by atoms with Gasteiger partial charge in [0.1, 0.15) is 0 Å². The van der Waals surface area contributed by atoms with E-state index in [1.165, 1.54) is 4.31 Å². The maximum Gasteiger partial charge on any atom is 0.326 e. The lowest BCUT2D eigenvalue weighted by Gasteiger charge is -2.29. The molecule has 5 N–H and O–H groups in total. The summed E-state index contributed by atoms with van der Waals surface area (Å²) in [6.45, 7) is 0. The van der Waals surface area contributed by atoms with Gasteiger partial charge in [0.25, 0.3) is 11.3 Å². The van der Waals surface area contributed by atoms with Crippen molar-refractivity contribution in [1.82, 2.24) is 9.97 Å². The number of rotatable bonds is 9. The van der Waals surface area contributed by atoms with E-state index < -0.39 is 29.3 Å². The average Bonchev–Trinajstić information content (AvgIpc) is 3.35. The van der Waals surface area contributed by atoms with E-state index in [4.69, 9.17) is 0 Å². The maximum atomic E-state index is 12.6. The molecule has 1 aromatic heterocycles. The number of aromatic nitrogens is 2. The Kier molecular flexibility index (Phi) is 7.85. The van der Waals surface area contributed by atoms with Crippen LogP contribution >= 0.6 is 0 Å². The first-order valence-corrected chi connectivity index (χ1v) is 13.3. The molecule has 0 saturated heterocycles. The van der Waals surface area contributed by atoms with Crippen molar-refractivity contribution < 1.29 is 23.5 Å². The molecule has 0 fully saturated rings. The molecule has 11 heteroatoms. The minimum absolute atomic E-state index is 0.314. The normalized spacial score (nSPS) is 12.4. The van der Waals surface area contributed by atoms with Crippen LogP contribution in [0.5, 0.6) is 0 Å². The number of hydrogen-bond donors (Lipinski definition) is 5. The quantitative estimate of drug-likeness (QED) is 0.140. The molecule has 4 aromatic carbocycles. The lowest BCUT2D eigenvalue weighted by Crippen LogP contribution is -2.32. The van der Waals surface area contributed by atoms with Gasteiger partial charge in [0.15, 0.2) is 0 Å². The number of nitrogens with zero attached hydrogens (tertiary/aromatic N) is 2. The Hall–Kier alpha value is -5.00. The Morgan fingerprint density at radius 3 is 2.30 bits per heavy atom. The highest BCUT2D eigenvalue weighted by molar-refractivity contribution is 7.80. The van der Waals surface area contributed by atoms with E-state index in [0.29, 0.717) is 28.5 Å². The molecular formula is C29H25N5O5S. The molecule has 2 atom stereocenters. The van der Waals surface area contributed by atoms with Crippen molar-refractivity contribution in [3.63, 3.8) is 0 Å². The Labute approximate surface area is 232 Å². The van der Waals surface area contributed by atoms with Crippen LogP contribution in [-0.4, -0.2) is 35.8 Å². The smallest absolute Gasteiger partial charge is 0.326 e. The number of aromatic amines is 1. The van der Waals surface area contributed by atoms with Crippen molar-refractivity contribution in [3.8, 4) is 11.1 Å². The fourth-order valence-corrected chi connectivity index (χ4v) is 5.14. The van der Waals surface area contributed by atoms with Crippen LogP contribution in [0.1, 0.15) is 18.0 Å². The third-order valence-electron chi connectivity index (χ3n) is 6.18. The van der Waals surface area contributed by atoms with Gasteiger partial charge in [0, 0.05) is 5.69 Å². The van der Waals surface area contributed by atoms with E-state index in [2.05, 4.69) is 20.6 Å². The molecule has 0 radical (unpaired) electrons. The Bertz CT molecular complexity index is 1660. The third-order valence-corrected chi connectivity index (χ3v) is 6.98. The molecule has 10 nitrogen and oxygen atoms in total. The summed E-state index contributed by atoms with van der Waals surface area (Å²) in [5.41, 5.74) is 4.46. The number of nitrogens with one attached hydrogen (secondary N) is 3. The van der Waals surface area contributed by atoms with Gasteiger partial charge in [-0.3, -0.25) is 19.0 Å². The number of carbonyl (C=O) groups is 2. The van der Waals surface area contributed by atoms with Crippen LogP contribution in [0, 0.1) is 0 Å². The topological polar surface area (TPSA) is 148 Å². The highest BCUT2D eigenvalue weighted by atomic mass is 32.2. The summed E-state index contributed by atoms with van der Waals surface area (Å²) in [5.74, 6) is -0.783. The highest BCUT2D eigenvalue weighted by Gasteiger charge is 2.28. The van der Waals surface area contributed by atoms with E-state index in [1.54, 1.807) is 66.7 Å². The fraction of sp³-hybridized carbons (Fsp3) is 0.0690. The molecule has 40 heavy (non-hydrogen) atoms. The molecule has 202 valence electrons. The number of imidazole rings is 1. The molecule has 2 amide bonds. The standard InChI is InChI=1S/C29H25N5O5S/c35-27(36)18-26(19-8-2-1-3-9-19)34(40(38)39)23-13-7-11-21(17-23)20-10-6-12-22(16-20)30-29(37)33-28-31-24-14-4-5-15-25(24)32-28/h1-17,26H,18H2,(H,35,36)(H,38,39)(H3,30,31,32,33,37). The predicted molar refractivity (Wildman–Crippen MR) is 155 cm³/mol. The van der Waals surface area contributed by atoms with Crippen LogP contribution in [0.4, 0.5) is 22.1 Å². The number of hydrogen-bond acceptors (Lipinski definition) is 4. The molecule has 0 aliphatic carbocycles. The lowest BCUT2D eigenvalue weighted by atomic mass is 10.0. The van der Waals surface area contributed by atoms with Crippen molar-refractivity contribution in [2.75, 3.05) is 14.9 Å². The van der Waals surface area contributed by atoms with E-state index in [9.17, 15) is 23.5 Å². The van der Waals surface area contributed by atoms with Crippen LogP contribution in [0.15, 0.2) is 103 Å². The second-order valence-electron chi connectivity index (χ2n) is 8.89. The van der Waals surface area contributed by atoms with Gasteiger partial charge in [-0.2, -0.15) is 0 Å². The number of H-pyrrole nitrogens is 1. The summed E-state index contributed by atoms with van der Waals surface area (Å²) in [6, 6.07) is 28.8. The van der Waals surface area contributed by atoms with Crippen molar-refractivity contribution in [1.29, 1.82) is 0 Å². The monoisotopic (exact) mass is 555 g/mol. The van der Waals surface area contributed by atoms with Gasteiger partial charge in [-0.25, -0.2) is 14.0 Å². The number of anilines is 3. The number of urea groups is 1. The first kappa shape index (κ1) is 26.6. The third kappa shape index (κ3) is 6.17. The minimum atomic E-state index is -2.51. The van der Waals surface area contributed by atoms with Crippen molar-refractivity contribution >= 4 is 51.6 Å². The Morgan fingerprint density at radius 1 is 0.875 bits per heavy atom. The molecule has 0 bridgehead atoms. The number of amides is 2. The number of aliphatic carboxylic acids is 1. The van der Waals surface area contributed by atoms with Crippen LogP contribution in [0.3, 0.4) is 0 Å². The minimum Gasteiger partial charge on any atom is -0.481 e. The summed E-state index contributed by atoms with van der Waals surface area (Å²) in [4.78, 5) is 31.7. The average molecular weight is 556 g/mol. The van der Waals surface area contributed by atoms with Crippen molar-refractivity contribution in [2.24, 2.45) is 0 Å². The Balaban J connectivity index is 1.38. The van der Waals surface area contributed by atoms with Crippen molar-refractivity contribution in [3.05, 3.63) is 109 Å². The molecule has 5 aromatic rings. The molecule has 0 aliphatic rings. The molecular weight excluding hydrogens is 530 g/mol. The van der Waals surface area contributed by atoms with Crippen LogP contribution < -0.4 is 14.9 Å². The van der Waals surface area contributed by atoms with E-state index >= 15 is 0 Å². The predicted octanol–water partition coefficient (Wildman–Crippen LogP) is 6.03. The van der Waals surface area contributed by atoms with Gasteiger partial charge in [0.2, 0.25) is 5.95 Å². The largest absolute Gasteiger partial charge is 0.481 e. The van der Waals surface area contributed by atoms with E-state index in [1.807, 2.05) is 36.4 Å². The molecule has 2 unspecified atom stereocenters. The molecule has 5 rings (SSSR count). The zero-order chi connectivity index (χ0) is 28.1. The van der Waals surface area contributed by atoms with Crippen LogP contribution in [0.2, 0.25) is 0 Å². The maximum absolute atomic E-state index is 12.6. The summed E-state index contributed by atoms with van der Waals surface area (Å²) < 4.78 is 23.9. The number of carboxylic acid groups (broad SMARTS) is 1. The molecule has 0 aliphatic heterocycles. The first-order chi connectivity index (χ1) is 19.4. The van der Waals surface area contributed by atoms with E-state index in [-0.39, 0.29) is 6.42 Å². The number of para-hydroxylation sites is 2. The summed E-state index contributed by atoms with van der Waals surface area (Å²) in [6.07, 6.45) is -0.375. The zero-order valence-corrected chi connectivity index (χ0v) is 21.8. The second kappa shape index (κ2) is 11.8.